The second kappa shape index (κ2) is 7.81. The van der Waals surface area contributed by atoms with Gasteiger partial charge in [0.1, 0.15) is 5.75 Å². The first kappa shape index (κ1) is 17.8. The van der Waals surface area contributed by atoms with Crippen LogP contribution in [-0.4, -0.2) is 12.0 Å². The molecule has 2 rings (SSSR count). The molecule has 0 aliphatic rings. The van der Waals surface area contributed by atoms with Gasteiger partial charge in [-0.1, -0.05) is 26.0 Å². The highest BCUT2D eigenvalue weighted by Crippen LogP contribution is 2.28. The van der Waals surface area contributed by atoms with Gasteiger partial charge in [0.25, 0.3) is 5.91 Å². The SMILES string of the molecule is Cc1ccc(C(C)C)c(OC(C)C(=O)Nc2ccc(I)cc2)c1. The maximum atomic E-state index is 12.3. The summed E-state index contributed by atoms with van der Waals surface area (Å²) in [5.41, 5.74) is 3.01. The van der Waals surface area contributed by atoms with Crippen LogP contribution >= 0.6 is 22.6 Å². The molecular formula is C19H22INO2. The summed E-state index contributed by atoms with van der Waals surface area (Å²) in [6.07, 6.45) is -0.562. The molecule has 0 bridgehead atoms. The number of halogens is 1. The number of anilines is 1. The average molecular weight is 423 g/mol. The van der Waals surface area contributed by atoms with Crippen molar-refractivity contribution in [3.8, 4) is 5.75 Å². The zero-order valence-electron chi connectivity index (χ0n) is 13.9. The summed E-state index contributed by atoms with van der Waals surface area (Å²) in [5.74, 6) is 0.977. The molecule has 0 aromatic heterocycles. The highest BCUT2D eigenvalue weighted by Gasteiger charge is 2.17. The third kappa shape index (κ3) is 4.96. The molecule has 1 amide bonds. The summed E-state index contributed by atoms with van der Waals surface area (Å²) in [7, 11) is 0. The van der Waals surface area contributed by atoms with Crippen molar-refractivity contribution < 1.29 is 9.53 Å². The monoisotopic (exact) mass is 423 g/mol. The van der Waals surface area contributed by atoms with Crippen LogP contribution in [0.25, 0.3) is 0 Å². The fraction of sp³-hybridized carbons (Fsp3) is 0.316. The topological polar surface area (TPSA) is 38.3 Å². The van der Waals surface area contributed by atoms with Gasteiger partial charge in [-0.25, -0.2) is 0 Å². The number of hydrogen-bond donors (Lipinski definition) is 1. The Labute approximate surface area is 151 Å². The van der Waals surface area contributed by atoms with Crippen molar-refractivity contribution in [3.05, 3.63) is 57.2 Å². The van der Waals surface area contributed by atoms with Gasteiger partial charge in [-0.05, 0) is 83.8 Å². The third-order valence-corrected chi connectivity index (χ3v) is 4.29. The van der Waals surface area contributed by atoms with Crippen molar-refractivity contribution in [3.63, 3.8) is 0 Å². The van der Waals surface area contributed by atoms with Gasteiger partial charge in [0.2, 0.25) is 0 Å². The minimum atomic E-state index is -0.562. The molecule has 0 saturated carbocycles. The van der Waals surface area contributed by atoms with E-state index < -0.39 is 6.10 Å². The predicted molar refractivity (Wildman–Crippen MR) is 103 cm³/mol. The number of carbonyl (C=O) groups excluding carboxylic acids is 1. The van der Waals surface area contributed by atoms with Crippen molar-refractivity contribution >= 4 is 34.2 Å². The normalized spacial score (nSPS) is 12.1. The number of rotatable bonds is 5. The molecular weight excluding hydrogens is 401 g/mol. The predicted octanol–water partition coefficient (Wildman–Crippen LogP) is 5.13. The summed E-state index contributed by atoms with van der Waals surface area (Å²) in [6, 6.07) is 13.8. The van der Waals surface area contributed by atoms with Crippen LogP contribution in [0.3, 0.4) is 0 Å². The van der Waals surface area contributed by atoms with Crippen molar-refractivity contribution in [2.75, 3.05) is 5.32 Å². The summed E-state index contributed by atoms with van der Waals surface area (Å²) in [5, 5.41) is 2.89. The molecule has 0 saturated heterocycles. The van der Waals surface area contributed by atoms with E-state index in [0.717, 1.165) is 26.1 Å². The van der Waals surface area contributed by atoms with Gasteiger partial charge in [0.05, 0.1) is 0 Å². The van der Waals surface area contributed by atoms with E-state index in [-0.39, 0.29) is 5.91 Å². The molecule has 0 aliphatic carbocycles. The summed E-state index contributed by atoms with van der Waals surface area (Å²) in [4.78, 5) is 12.3. The number of aryl methyl sites for hydroxylation is 1. The average Bonchev–Trinajstić information content (AvgIpc) is 2.49. The summed E-state index contributed by atoms with van der Waals surface area (Å²) >= 11 is 2.23. The number of ether oxygens (including phenoxy) is 1. The highest BCUT2D eigenvalue weighted by molar-refractivity contribution is 14.1. The first-order valence-electron chi connectivity index (χ1n) is 7.70. The first-order valence-corrected chi connectivity index (χ1v) is 8.78. The number of nitrogens with one attached hydrogen (secondary N) is 1. The number of carbonyl (C=O) groups is 1. The van der Waals surface area contributed by atoms with Crippen molar-refractivity contribution in [2.45, 2.75) is 39.7 Å². The minimum absolute atomic E-state index is 0.151. The molecule has 0 radical (unpaired) electrons. The molecule has 122 valence electrons. The van der Waals surface area contributed by atoms with E-state index in [9.17, 15) is 4.79 Å². The molecule has 1 unspecified atom stereocenters. The lowest BCUT2D eigenvalue weighted by molar-refractivity contribution is -0.122. The van der Waals surface area contributed by atoms with E-state index >= 15 is 0 Å². The zero-order valence-corrected chi connectivity index (χ0v) is 16.0. The third-order valence-electron chi connectivity index (χ3n) is 3.58. The summed E-state index contributed by atoms with van der Waals surface area (Å²) in [6.45, 7) is 8.03. The van der Waals surface area contributed by atoms with E-state index in [2.05, 4.69) is 53.9 Å². The van der Waals surface area contributed by atoms with Crippen molar-refractivity contribution in [2.24, 2.45) is 0 Å². The Morgan fingerprint density at radius 1 is 1.09 bits per heavy atom. The standard InChI is InChI=1S/C19H22INO2/c1-12(2)17-10-5-13(3)11-18(17)23-14(4)19(22)21-16-8-6-15(20)7-9-16/h5-12,14H,1-4H3,(H,21,22). The molecule has 0 fully saturated rings. The van der Waals surface area contributed by atoms with Crippen molar-refractivity contribution in [1.82, 2.24) is 0 Å². The van der Waals surface area contributed by atoms with Gasteiger partial charge in [0.15, 0.2) is 6.10 Å². The van der Waals surface area contributed by atoms with Gasteiger partial charge < -0.3 is 10.1 Å². The smallest absolute Gasteiger partial charge is 0.265 e. The molecule has 3 nitrogen and oxygen atoms in total. The van der Waals surface area contributed by atoms with Crippen LogP contribution in [-0.2, 0) is 4.79 Å². The van der Waals surface area contributed by atoms with Crippen LogP contribution < -0.4 is 10.1 Å². The highest BCUT2D eigenvalue weighted by atomic mass is 127. The quantitative estimate of drug-likeness (QED) is 0.678. The Hall–Kier alpha value is -1.56. The minimum Gasteiger partial charge on any atom is -0.481 e. The van der Waals surface area contributed by atoms with E-state index in [1.165, 1.54) is 0 Å². The van der Waals surface area contributed by atoms with E-state index in [1.54, 1.807) is 6.92 Å². The van der Waals surface area contributed by atoms with E-state index in [4.69, 9.17) is 4.74 Å². The van der Waals surface area contributed by atoms with Gasteiger partial charge in [-0.2, -0.15) is 0 Å². The lowest BCUT2D eigenvalue weighted by atomic mass is 10.0. The Bertz CT molecular complexity index is 680. The van der Waals surface area contributed by atoms with Gasteiger partial charge >= 0.3 is 0 Å². The number of amides is 1. The molecule has 0 spiro atoms. The van der Waals surface area contributed by atoms with Crippen LogP contribution in [0.15, 0.2) is 42.5 Å². The lowest BCUT2D eigenvalue weighted by Crippen LogP contribution is -2.30. The Kier molecular flexibility index (Phi) is 6.04. The van der Waals surface area contributed by atoms with Crippen LogP contribution in [0.2, 0.25) is 0 Å². The number of benzene rings is 2. The maximum absolute atomic E-state index is 12.3. The van der Waals surface area contributed by atoms with E-state index in [0.29, 0.717) is 5.92 Å². The summed E-state index contributed by atoms with van der Waals surface area (Å²) < 4.78 is 7.06. The fourth-order valence-electron chi connectivity index (χ4n) is 2.24. The molecule has 2 aromatic rings. The number of hydrogen-bond acceptors (Lipinski definition) is 2. The molecule has 4 heteroatoms. The molecule has 1 N–H and O–H groups in total. The molecule has 0 aliphatic heterocycles. The Balaban J connectivity index is 2.09. The van der Waals surface area contributed by atoms with Crippen LogP contribution in [0.4, 0.5) is 5.69 Å². The first-order chi connectivity index (χ1) is 10.9. The van der Waals surface area contributed by atoms with Gasteiger partial charge in [0, 0.05) is 9.26 Å². The Morgan fingerprint density at radius 2 is 1.74 bits per heavy atom. The second-order valence-electron chi connectivity index (χ2n) is 5.95. The van der Waals surface area contributed by atoms with Gasteiger partial charge in [-0.3, -0.25) is 4.79 Å². The largest absolute Gasteiger partial charge is 0.481 e. The van der Waals surface area contributed by atoms with Crippen LogP contribution in [0, 0.1) is 10.5 Å². The maximum Gasteiger partial charge on any atom is 0.265 e. The molecule has 23 heavy (non-hydrogen) atoms. The van der Waals surface area contributed by atoms with E-state index in [1.807, 2.05) is 37.3 Å². The van der Waals surface area contributed by atoms with Crippen LogP contribution in [0.5, 0.6) is 5.75 Å². The molecule has 2 aromatic carbocycles. The fourth-order valence-corrected chi connectivity index (χ4v) is 2.60. The zero-order chi connectivity index (χ0) is 17.0. The van der Waals surface area contributed by atoms with Crippen LogP contribution in [0.1, 0.15) is 37.8 Å². The molecule has 0 heterocycles. The van der Waals surface area contributed by atoms with Gasteiger partial charge in [-0.15, -0.1) is 0 Å². The second-order valence-corrected chi connectivity index (χ2v) is 7.20. The Morgan fingerprint density at radius 3 is 2.35 bits per heavy atom. The lowest BCUT2D eigenvalue weighted by Gasteiger charge is -2.19. The molecule has 1 atom stereocenters. The van der Waals surface area contributed by atoms with Crippen molar-refractivity contribution in [1.29, 1.82) is 0 Å².